The van der Waals surface area contributed by atoms with Gasteiger partial charge in [-0.25, -0.2) is 18.4 Å². The predicted octanol–water partition coefficient (Wildman–Crippen LogP) is 4.79. The highest BCUT2D eigenvalue weighted by Gasteiger charge is 2.19. The van der Waals surface area contributed by atoms with Gasteiger partial charge in [-0.15, -0.1) is 0 Å². The number of nitrogens with zero attached hydrogens (tertiary/aromatic N) is 2. The zero-order chi connectivity index (χ0) is 22.7. The van der Waals surface area contributed by atoms with E-state index in [-0.39, 0.29) is 22.4 Å². The standard InChI is InChI=1S/C22H18ClN5O3S/c1-14(29)24-16-10-12-18(13-11-16)32(30,31)28-22-21(25-17-8-6-15(23)7-9-17)26-19-4-2-3-5-20(19)27-22/h2-13H,1H3,(H,24,29)(H,25,26)(H,27,28). The summed E-state index contributed by atoms with van der Waals surface area (Å²) >= 11 is 5.95. The van der Waals surface area contributed by atoms with Crippen molar-refractivity contribution in [3.8, 4) is 0 Å². The van der Waals surface area contributed by atoms with Gasteiger partial charge in [0.1, 0.15) is 0 Å². The van der Waals surface area contributed by atoms with Crippen LogP contribution in [0.25, 0.3) is 11.0 Å². The highest BCUT2D eigenvalue weighted by molar-refractivity contribution is 7.92. The van der Waals surface area contributed by atoms with Gasteiger partial charge in [-0.1, -0.05) is 23.7 Å². The second kappa shape index (κ2) is 8.81. The number of amides is 1. The number of carbonyl (C=O) groups is 1. The number of rotatable bonds is 6. The van der Waals surface area contributed by atoms with Gasteiger partial charge in [-0.05, 0) is 60.7 Å². The Hall–Kier alpha value is -3.69. The molecule has 0 aliphatic rings. The van der Waals surface area contributed by atoms with Crippen molar-refractivity contribution in [2.24, 2.45) is 0 Å². The van der Waals surface area contributed by atoms with Gasteiger partial charge >= 0.3 is 0 Å². The Morgan fingerprint density at radius 3 is 1.97 bits per heavy atom. The zero-order valence-corrected chi connectivity index (χ0v) is 18.4. The molecule has 4 rings (SSSR count). The highest BCUT2D eigenvalue weighted by atomic mass is 35.5. The second-order valence-corrected chi connectivity index (χ2v) is 8.97. The summed E-state index contributed by atoms with van der Waals surface area (Å²) in [6.45, 7) is 1.37. The molecule has 0 atom stereocenters. The number of carbonyl (C=O) groups excluding carboxylic acids is 1. The van der Waals surface area contributed by atoms with Crippen LogP contribution in [0.3, 0.4) is 0 Å². The molecular formula is C22H18ClN5O3S. The van der Waals surface area contributed by atoms with Crippen LogP contribution >= 0.6 is 11.6 Å². The largest absolute Gasteiger partial charge is 0.337 e. The first-order valence-corrected chi connectivity index (χ1v) is 11.4. The lowest BCUT2D eigenvalue weighted by molar-refractivity contribution is -0.114. The summed E-state index contributed by atoms with van der Waals surface area (Å²) in [5.41, 5.74) is 2.30. The van der Waals surface area contributed by atoms with Crippen LogP contribution in [0.5, 0.6) is 0 Å². The molecule has 1 aromatic heterocycles. The van der Waals surface area contributed by atoms with Gasteiger partial charge in [-0.2, -0.15) is 0 Å². The molecule has 0 aliphatic heterocycles. The summed E-state index contributed by atoms with van der Waals surface area (Å²) < 4.78 is 28.5. The lowest BCUT2D eigenvalue weighted by Crippen LogP contribution is -2.16. The molecule has 0 saturated heterocycles. The molecule has 8 nitrogen and oxygen atoms in total. The number of hydrogen-bond acceptors (Lipinski definition) is 6. The van der Waals surface area contributed by atoms with Gasteiger partial charge in [0.05, 0.1) is 15.9 Å². The fourth-order valence-electron chi connectivity index (χ4n) is 2.94. The first-order valence-electron chi connectivity index (χ1n) is 9.50. The maximum absolute atomic E-state index is 13.0. The molecule has 162 valence electrons. The van der Waals surface area contributed by atoms with Crippen LogP contribution in [0, 0.1) is 0 Å². The molecule has 0 unspecified atom stereocenters. The minimum atomic E-state index is -3.98. The van der Waals surface area contributed by atoms with Crippen molar-refractivity contribution in [2.75, 3.05) is 15.4 Å². The summed E-state index contributed by atoms with van der Waals surface area (Å²) in [5, 5.41) is 6.26. The number of nitrogens with one attached hydrogen (secondary N) is 3. The Morgan fingerprint density at radius 2 is 1.38 bits per heavy atom. The molecule has 1 heterocycles. The third-order valence-corrected chi connectivity index (χ3v) is 6.00. The smallest absolute Gasteiger partial charge is 0.263 e. The van der Waals surface area contributed by atoms with E-state index in [1.54, 1.807) is 42.5 Å². The van der Waals surface area contributed by atoms with Crippen LogP contribution in [-0.4, -0.2) is 24.3 Å². The fraction of sp³-hybridized carbons (Fsp3) is 0.0455. The second-order valence-electron chi connectivity index (χ2n) is 6.85. The summed E-state index contributed by atoms with van der Waals surface area (Å²) in [4.78, 5) is 20.2. The topological polar surface area (TPSA) is 113 Å². The minimum absolute atomic E-state index is 0.0130. The van der Waals surface area contributed by atoms with E-state index in [0.29, 0.717) is 27.4 Å². The van der Waals surface area contributed by atoms with Crippen molar-refractivity contribution < 1.29 is 13.2 Å². The molecule has 0 bridgehead atoms. The first-order chi connectivity index (χ1) is 15.3. The van der Waals surface area contributed by atoms with Crippen LogP contribution in [0.4, 0.5) is 23.0 Å². The Kier molecular flexibility index (Phi) is 5.93. The van der Waals surface area contributed by atoms with Crippen LogP contribution in [-0.2, 0) is 14.8 Å². The van der Waals surface area contributed by atoms with Crippen molar-refractivity contribution in [3.63, 3.8) is 0 Å². The molecule has 0 fully saturated rings. The number of para-hydroxylation sites is 2. The Balaban J connectivity index is 1.70. The van der Waals surface area contributed by atoms with Gasteiger partial charge in [0.25, 0.3) is 10.0 Å². The maximum atomic E-state index is 13.0. The van der Waals surface area contributed by atoms with E-state index in [9.17, 15) is 13.2 Å². The van der Waals surface area contributed by atoms with Crippen molar-refractivity contribution in [1.29, 1.82) is 0 Å². The van der Waals surface area contributed by atoms with Crippen LogP contribution < -0.4 is 15.4 Å². The van der Waals surface area contributed by atoms with Gasteiger partial charge in [-0.3, -0.25) is 9.52 Å². The zero-order valence-electron chi connectivity index (χ0n) is 16.8. The monoisotopic (exact) mass is 467 g/mol. The molecule has 0 aliphatic carbocycles. The van der Waals surface area contributed by atoms with E-state index in [2.05, 4.69) is 25.3 Å². The molecule has 32 heavy (non-hydrogen) atoms. The lowest BCUT2D eigenvalue weighted by Gasteiger charge is -2.14. The molecular weight excluding hydrogens is 450 g/mol. The molecule has 0 radical (unpaired) electrons. The number of aromatic nitrogens is 2. The molecule has 1 amide bonds. The number of benzene rings is 3. The van der Waals surface area contributed by atoms with Crippen LogP contribution in [0.15, 0.2) is 77.7 Å². The van der Waals surface area contributed by atoms with E-state index in [4.69, 9.17) is 11.6 Å². The van der Waals surface area contributed by atoms with Crippen molar-refractivity contribution in [2.45, 2.75) is 11.8 Å². The fourth-order valence-corrected chi connectivity index (χ4v) is 4.07. The summed E-state index contributed by atoms with van der Waals surface area (Å²) in [7, 11) is -3.98. The van der Waals surface area contributed by atoms with Gasteiger partial charge in [0.2, 0.25) is 5.91 Å². The molecule has 3 aromatic carbocycles. The maximum Gasteiger partial charge on any atom is 0.263 e. The first kappa shape index (κ1) is 21.5. The predicted molar refractivity (Wildman–Crippen MR) is 126 cm³/mol. The average molecular weight is 468 g/mol. The van der Waals surface area contributed by atoms with E-state index in [0.717, 1.165) is 0 Å². The SMILES string of the molecule is CC(=O)Nc1ccc(S(=O)(=O)Nc2nc3ccccc3nc2Nc2ccc(Cl)cc2)cc1. The van der Waals surface area contributed by atoms with E-state index < -0.39 is 10.0 Å². The van der Waals surface area contributed by atoms with Gasteiger partial charge in [0, 0.05) is 23.3 Å². The third kappa shape index (κ3) is 4.96. The Morgan fingerprint density at radius 1 is 0.812 bits per heavy atom. The summed E-state index contributed by atoms with van der Waals surface area (Å²) in [6.07, 6.45) is 0. The van der Waals surface area contributed by atoms with E-state index >= 15 is 0 Å². The summed E-state index contributed by atoms with van der Waals surface area (Å²) in [5.74, 6) is 0.0390. The van der Waals surface area contributed by atoms with E-state index in [1.807, 2.05) is 6.07 Å². The number of anilines is 4. The minimum Gasteiger partial charge on any atom is -0.337 e. The normalized spacial score (nSPS) is 11.2. The molecule has 0 spiro atoms. The van der Waals surface area contributed by atoms with Crippen LogP contribution in [0.2, 0.25) is 5.02 Å². The number of fused-ring (bicyclic) bond motifs is 1. The Bertz CT molecular complexity index is 1390. The number of sulfonamides is 1. The van der Waals surface area contributed by atoms with Crippen molar-refractivity contribution >= 4 is 61.6 Å². The highest BCUT2D eigenvalue weighted by Crippen LogP contribution is 2.28. The number of halogens is 1. The average Bonchev–Trinajstić information content (AvgIpc) is 2.75. The Labute approximate surface area is 189 Å². The molecule has 3 N–H and O–H groups in total. The van der Waals surface area contributed by atoms with E-state index in [1.165, 1.54) is 31.2 Å². The van der Waals surface area contributed by atoms with Crippen LogP contribution in [0.1, 0.15) is 6.92 Å². The van der Waals surface area contributed by atoms with Gasteiger partial charge < -0.3 is 10.6 Å². The summed E-state index contributed by atoms with van der Waals surface area (Å²) in [6, 6.07) is 19.9. The lowest BCUT2D eigenvalue weighted by atomic mass is 10.3. The molecule has 4 aromatic rings. The molecule has 10 heteroatoms. The molecule has 0 saturated carbocycles. The van der Waals surface area contributed by atoms with Gasteiger partial charge in [0.15, 0.2) is 11.6 Å². The van der Waals surface area contributed by atoms with Crippen molar-refractivity contribution in [3.05, 3.63) is 77.8 Å². The van der Waals surface area contributed by atoms with Crippen molar-refractivity contribution in [1.82, 2.24) is 9.97 Å². The number of hydrogen-bond donors (Lipinski definition) is 3. The quantitative estimate of drug-likeness (QED) is 0.376. The third-order valence-electron chi connectivity index (χ3n) is 4.39.